The molecule has 2 amide bonds. The summed E-state index contributed by atoms with van der Waals surface area (Å²) in [6.07, 6.45) is 5.30. The van der Waals surface area contributed by atoms with Crippen molar-refractivity contribution in [3.63, 3.8) is 0 Å². The van der Waals surface area contributed by atoms with Crippen LogP contribution >= 0.6 is 0 Å². The van der Waals surface area contributed by atoms with Crippen molar-refractivity contribution in [2.75, 3.05) is 37.6 Å². The Kier molecular flexibility index (Phi) is 7.45. The number of nitrogens with two attached hydrogens (primary N) is 1. The summed E-state index contributed by atoms with van der Waals surface area (Å²) in [5, 5.41) is 13.4. The quantitative estimate of drug-likeness (QED) is 0.308. The van der Waals surface area contributed by atoms with Gasteiger partial charge in [0, 0.05) is 54.4 Å². The number of rotatable bonds is 8. The maximum Gasteiger partial charge on any atom is 0.293 e. The number of furan rings is 1. The van der Waals surface area contributed by atoms with Crippen molar-refractivity contribution in [1.82, 2.24) is 15.2 Å². The fourth-order valence-corrected chi connectivity index (χ4v) is 4.96. The Morgan fingerprint density at radius 1 is 1.13 bits per heavy atom. The van der Waals surface area contributed by atoms with Crippen LogP contribution in [0, 0.1) is 11.3 Å². The number of imide groups is 1. The minimum Gasteiger partial charge on any atom is -0.451 e. The van der Waals surface area contributed by atoms with E-state index in [0.29, 0.717) is 11.1 Å². The highest BCUT2D eigenvalue weighted by molar-refractivity contribution is 6.06. The molecule has 1 saturated heterocycles. The first-order chi connectivity index (χ1) is 18.4. The zero-order valence-electron chi connectivity index (χ0n) is 21.5. The van der Waals surface area contributed by atoms with Gasteiger partial charge in [0.05, 0.1) is 17.7 Å². The van der Waals surface area contributed by atoms with Crippen LogP contribution in [0.5, 0.6) is 0 Å². The summed E-state index contributed by atoms with van der Waals surface area (Å²) in [6.45, 7) is 6.44. The summed E-state index contributed by atoms with van der Waals surface area (Å²) in [7, 11) is 0. The van der Waals surface area contributed by atoms with Gasteiger partial charge in [-0.15, -0.1) is 0 Å². The van der Waals surface area contributed by atoms with Crippen LogP contribution in [-0.4, -0.2) is 60.5 Å². The summed E-state index contributed by atoms with van der Waals surface area (Å²) in [6, 6.07) is 14.8. The molecule has 1 aliphatic heterocycles. The number of H-pyrrole nitrogens is 1. The summed E-state index contributed by atoms with van der Waals surface area (Å²) < 4.78 is 5.64. The second-order valence-corrected chi connectivity index (χ2v) is 9.91. The number of aromatic amines is 1. The zero-order chi connectivity index (χ0) is 26.6. The molecule has 1 unspecified atom stereocenters. The Balaban J connectivity index is 1.10. The van der Waals surface area contributed by atoms with Gasteiger partial charge in [-0.25, -0.2) is 0 Å². The lowest BCUT2D eigenvalue weighted by molar-refractivity contribution is -0.121. The fourth-order valence-electron chi connectivity index (χ4n) is 4.96. The maximum absolute atomic E-state index is 12.3. The van der Waals surface area contributed by atoms with Gasteiger partial charge in [0.25, 0.3) is 5.91 Å². The van der Waals surface area contributed by atoms with Crippen LogP contribution in [-0.2, 0) is 11.2 Å². The van der Waals surface area contributed by atoms with E-state index in [1.54, 1.807) is 6.07 Å². The molecular weight excluding hydrogens is 480 g/mol. The average Bonchev–Trinajstić information content (AvgIpc) is 3.54. The molecule has 0 saturated carbocycles. The lowest BCUT2D eigenvalue weighted by Gasteiger charge is -2.36. The van der Waals surface area contributed by atoms with Crippen molar-refractivity contribution in [1.29, 1.82) is 5.26 Å². The minimum atomic E-state index is -0.772. The van der Waals surface area contributed by atoms with Gasteiger partial charge in [-0.1, -0.05) is 0 Å². The summed E-state index contributed by atoms with van der Waals surface area (Å²) in [4.78, 5) is 32.2. The Bertz CT molecular complexity index is 1500. The van der Waals surface area contributed by atoms with Crippen molar-refractivity contribution < 1.29 is 14.0 Å². The van der Waals surface area contributed by atoms with Crippen molar-refractivity contribution >= 4 is 39.4 Å². The van der Waals surface area contributed by atoms with Crippen LogP contribution in [0.3, 0.4) is 0 Å². The number of hydrogen-bond acceptors (Lipinski definition) is 7. The SMILES string of the molecule is CC(N)C(=O)NC(=O)c1cc2cc(N3CCN(CCCCc4c[nH]c5ccc(C#N)cc45)CC3)ccc2o1. The molecule has 1 atom stereocenters. The number of hydrogen-bond donors (Lipinski definition) is 3. The van der Waals surface area contributed by atoms with Gasteiger partial charge in [-0.3, -0.25) is 19.8 Å². The van der Waals surface area contributed by atoms with E-state index in [2.05, 4.69) is 32.4 Å². The molecule has 0 radical (unpaired) electrons. The third-order valence-electron chi connectivity index (χ3n) is 7.18. The Hall–Kier alpha value is -4.13. The standard InChI is InChI=1S/C29H32N6O3/c1-19(31)28(36)33-29(37)27-16-22-15-23(6-8-26(22)38-27)35-12-10-34(11-13-35)9-3-2-4-21-18-32-25-7-5-20(17-30)14-24(21)25/h5-8,14-16,18-19,32H,2-4,9-13,31H2,1H3,(H,33,36,37). The topological polar surface area (TPSA) is 131 Å². The Morgan fingerprint density at radius 2 is 1.95 bits per heavy atom. The molecule has 4 N–H and O–H groups in total. The summed E-state index contributed by atoms with van der Waals surface area (Å²) >= 11 is 0. The van der Waals surface area contributed by atoms with E-state index < -0.39 is 17.9 Å². The van der Waals surface area contributed by atoms with Crippen molar-refractivity contribution in [3.8, 4) is 6.07 Å². The number of nitrogens with one attached hydrogen (secondary N) is 2. The molecule has 5 rings (SSSR count). The van der Waals surface area contributed by atoms with E-state index in [9.17, 15) is 14.9 Å². The number of aryl methyl sites for hydroxylation is 1. The zero-order valence-corrected chi connectivity index (χ0v) is 21.5. The van der Waals surface area contributed by atoms with Crippen LogP contribution in [0.1, 0.15) is 41.4 Å². The first-order valence-corrected chi connectivity index (χ1v) is 13.0. The molecule has 2 aromatic heterocycles. The van der Waals surface area contributed by atoms with Crippen molar-refractivity contribution in [3.05, 3.63) is 65.5 Å². The minimum absolute atomic E-state index is 0.0918. The molecule has 0 aliphatic carbocycles. The van der Waals surface area contributed by atoms with Crippen LogP contribution in [0.15, 0.2) is 53.1 Å². The summed E-state index contributed by atoms with van der Waals surface area (Å²) in [5.74, 6) is -1.04. The molecule has 38 heavy (non-hydrogen) atoms. The Morgan fingerprint density at radius 3 is 2.71 bits per heavy atom. The van der Waals surface area contributed by atoms with Crippen LogP contribution in [0.25, 0.3) is 21.9 Å². The second-order valence-electron chi connectivity index (χ2n) is 9.91. The van der Waals surface area contributed by atoms with Crippen molar-refractivity contribution in [2.24, 2.45) is 5.73 Å². The highest BCUT2D eigenvalue weighted by Crippen LogP contribution is 2.26. The third kappa shape index (κ3) is 5.57. The number of fused-ring (bicyclic) bond motifs is 2. The van der Waals surface area contributed by atoms with Gasteiger partial charge in [0.1, 0.15) is 5.58 Å². The van der Waals surface area contributed by atoms with Crippen LogP contribution < -0.4 is 16.0 Å². The lowest BCUT2D eigenvalue weighted by atomic mass is 10.1. The smallest absolute Gasteiger partial charge is 0.293 e. The third-order valence-corrected chi connectivity index (χ3v) is 7.18. The number of aromatic nitrogens is 1. The van der Waals surface area contributed by atoms with E-state index in [4.69, 9.17) is 10.2 Å². The summed E-state index contributed by atoms with van der Waals surface area (Å²) in [5.41, 5.74) is 10.3. The van der Waals surface area contributed by atoms with Crippen LogP contribution in [0.2, 0.25) is 0 Å². The first kappa shape index (κ1) is 25.5. The van der Waals surface area contributed by atoms with E-state index in [1.165, 1.54) is 12.5 Å². The van der Waals surface area contributed by atoms with Gasteiger partial charge < -0.3 is 20.0 Å². The lowest BCUT2D eigenvalue weighted by Crippen LogP contribution is -2.46. The number of carbonyl (C=O) groups is 2. The first-order valence-electron chi connectivity index (χ1n) is 13.0. The van der Waals surface area contributed by atoms with Gasteiger partial charge in [0.2, 0.25) is 5.91 Å². The molecule has 9 heteroatoms. The van der Waals surface area contributed by atoms with E-state index in [-0.39, 0.29) is 5.76 Å². The van der Waals surface area contributed by atoms with Crippen LogP contribution in [0.4, 0.5) is 5.69 Å². The number of nitriles is 1. The number of piperazine rings is 1. The van der Waals surface area contributed by atoms with Crippen molar-refractivity contribution in [2.45, 2.75) is 32.2 Å². The predicted octanol–water partition coefficient (Wildman–Crippen LogP) is 3.53. The largest absolute Gasteiger partial charge is 0.451 e. The molecule has 2 aromatic carbocycles. The number of benzene rings is 2. The van der Waals surface area contributed by atoms with Gasteiger partial charge >= 0.3 is 0 Å². The molecule has 3 heterocycles. The predicted molar refractivity (Wildman–Crippen MR) is 147 cm³/mol. The number of anilines is 1. The number of unbranched alkanes of at least 4 members (excludes halogenated alkanes) is 1. The number of amides is 2. The molecule has 9 nitrogen and oxygen atoms in total. The normalized spacial score (nSPS) is 15.0. The molecule has 4 aromatic rings. The molecular formula is C29H32N6O3. The molecule has 0 spiro atoms. The van der Waals surface area contributed by atoms with E-state index >= 15 is 0 Å². The van der Waals surface area contributed by atoms with Gasteiger partial charge in [-0.2, -0.15) is 5.26 Å². The number of nitrogens with zero attached hydrogens (tertiary/aromatic N) is 3. The average molecular weight is 513 g/mol. The Labute approximate surface area is 221 Å². The number of carbonyl (C=O) groups excluding carboxylic acids is 2. The molecule has 0 bridgehead atoms. The fraction of sp³-hybridized carbons (Fsp3) is 0.345. The van der Waals surface area contributed by atoms with Gasteiger partial charge in [-0.05, 0) is 80.8 Å². The maximum atomic E-state index is 12.3. The van der Waals surface area contributed by atoms with Gasteiger partial charge in [0.15, 0.2) is 5.76 Å². The highest BCUT2D eigenvalue weighted by Gasteiger charge is 2.20. The van der Waals surface area contributed by atoms with E-state index in [1.807, 2.05) is 36.4 Å². The molecule has 196 valence electrons. The van der Waals surface area contributed by atoms with E-state index in [0.717, 1.165) is 74.0 Å². The highest BCUT2D eigenvalue weighted by atomic mass is 16.3. The molecule has 1 fully saturated rings. The monoisotopic (exact) mass is 512 g/mol. The second kappa shape index (κ2) is 11.1. The molecule has 1 aliphatic rings.